The molecule has 0 bridgehead atoms. The van der Waals surface area contributed by atoms with E-state index in [-0.39, 0.29) is 0 Å². The molecule has 72 valence electrons. The van der Waals surface area contributed by atoms with Gasteiger partial charge in [-0.05, 0) is 17.7 Å². The van der Waals surface area contributed by atoms with Crippen LogP contribution in [0.25, 0.3) is 10.1 Å². The van der Waals surface area contributed by atoms with Gasteiger partial charge in [0.05, 0.1) is 5.02 Å². The van der Waals surface area contributed by atoms with Gasteiger partial charge >= 0.3 is 0 Å². The summed E-state index contributed by atoms with van der Waals surface area (Å²) in [5.74, 6) is 0. The molecule has 2 aromatic rings. The van der Waals surface area contributed by atoms with Gasteiger partial charge in [-0.25, -0.2) is 0 Å². The van der Waals surface area contributed by atoms with Crippen molar-refractivity contribution < 1.29 is 4.79 Å². The molecule has 4 heteroatoms. The first kappa shape index (κ1) is 10.1. The monoisotopic (exact) mass is 288 g/mol. The summed E-state index contributed by atoms with van der Waals surface area (Å²) in [5, 5.41) is 4.25. The Morgan fingerprint density at radius 2 is 2.29 bits per heavy atom. The van der Waals surface area contributed by atoms with Crippen LogP contribution in [0.2, 0.25) is 5.02 Å². The number of hydrogen-bond donors (Lipinski definition) is 0. The topological polar surface area (TPSA) is 17.1 Å². The van der Waals surface area contributed by atoms with Crippen molar-refractivity contribution in [3.05, 3.63) is 33.7 Å². The van der Waals surface area contributed by atoms with Crippen LogP contribution in [-0.2, 0) is 5.33 Å². The predicted molar refractivity (Wildman–Crippen MR) is 64.9 cm³/mol. The van der Waals surface area contributed by atoms with Crippen LogP contribution in [0.15, 0.2) is 17.5 Å². The van der Waals surface area contributed by atoms with E-state index in [4.69, 9.17) is 11.6 Å². The highest BCUT2D eigenvalue weighted by Gasteiger charge is 2.07. The van der Waals surface area contributed by atoms with E-state index < -0.39 is 0 Å². The van der Waals surface area contributed by atoms with Crippen molar-refractivity contribution in [2.75, 3.05) is 0 Å². The second-order valence-corrected chi connectivity index (χ2v) is 4.76. The van der Waals surface area contributed by atoms with Crippen LogP contribution in [0.1, 0.15) is 15.9 Å². The number of rotatable bonds is 2. The van der Waals surface area contributed by atoms with E-state index in [0.717, 1.165) is 21.9 Å². The lowest BCUT2D eigenvalue weighted by molar-refractivity contribution is 0.112. The van der Waals surface area contributed by atoms with Crippen molar-refractivity contribution in [3.63, 3.8) is 0 Å². The maximum atomic E-state index is 10.8. The Balaban J connectivity index is 2.77. The molecule has 1 aromatic carbocycles. The first-order chi connectivity index (χ1) is 6.76. The Morgan fingerprint density at radius 3 is 2.93 bits per heavy atom. The highest BCUT2D eigenvalue weighted by Crippen LogP contribution is 2.32. The van der Waals surface area contributed by atoms with Gasteiger partial charge in [0.15, 0.2) is 0 Å². The van der Waals surface area contributed by atoms with Crippen LogP contribution in [0.4, 0.5) is 0 Å². The molecular formula is C10H6BrClOS. The fraction of sp³-hybridized carbons (Fsp3) is 0.100. The van der Waals surface area contributed by atoms with Crippen LogP contribution < -0.4 is 0 Å². The zero-order valence-electron chi connectivity index (χ0n) is 7.09. The standard InChI is InChI=1S/C10H6BrClOS/c11-3-6-2-10-8(1-7(6)4-13)9(12)5-14-10/h1-2,4-5H,3H2. The van der Waals surface area contributed by atoms with Crippen LogP contribution in [-0.4, -0.2) is 6.29 Å². The van der Waals surface area contributed by atoms with Gasteiger partial charge in [0.25, 0.3) is 0 Å². The fourth-order valence-electron chi connectivity index (χ4n) is 1.33. The van der Waals surface area contributed by atoms with Crippen LogP contribution in [0, 0.1) is 0 Å². The molecule has 0 radical (unpaired) electrons. The number of aldehydes is 1. The number of carbonyl (C=O) groups excluding carboxylic acids is 1. The third kappa shape index (κ3) is 1.60. The molecule has 0 saturated carbocycles. The average Bonchev–Trinajstić information content (AvgIpc) is 2.58. The van der Waals surface area contributed by atoms with E-state index in [1.165, 1.54) is 0 Å². The van der Waals surface area contributed by atoms with Crippen molar-refractivity contribution in [2.45, 2.75) is 5.33 Å². The lowest BCUT2D eigenvalue weighted by atomic mass is 10.1. The molecule has 0 N–H and O–H groups in total. The molecule has 0 aliphatic carbocycles. The highest BCUT2D eigenvalue weighted by molar-refractivity contribution is 9.08. The molecule has 0 aliphatic heterocycles. The molecule has 0 saturated heterocycles. The lowest BCUT2D eigenvalue weighted by Crippen LogP contribution is -1.88. The second kappa shape index (κ2) is 4.01. The van der Waals surface area contributed by atoms with E-state index >= 15 is 0 Å². The van der Waals surface area contributed by atoms with Crippen molar-refractivity contribution in [1.82, 2.24) is 0 Å². The molecule has 0 spiro atoms. The number of benzene rings is 1. The SMILES string of the molecule is O=Cc1cc2c(Cl)csc2cc1CBr. The third-order valence-corrected chi connectivity index (χ3v) is 4.05. The molecule has 0 unspecified atom stereocenters. The summed E-state index contributed by atoms with van der Waals surface area (Å²) < 4.78 is 1.12. The summed E-state index contributed by atoms with van der Waals surface area (Å²) in [6, 6.07) is 3.85. The quantitative estimate of drug-likeness (QED) is 0.596. The van der Waals surface area contributed by atoms with Gasteiger partial charge in [-0.3, -0.25) is 4.79 Å². The van der Waals surface area contributed by atoms with E-state index in [9.17, 15) is 4.79 Å². The minimum absolute atomic E-state index is 0.687. The Labute approximate surface area is 98.8 Å². The summed E-state index contributed by atoms with van der Waals surface area (Å²) in [6.45, 7) is 0. The van der Waals surface area contributed by atoms with Crippen LogP contribution in [0.5, 0.6) is 0 Å². The van der Waals surface area contributed by atoms with Crippen LogP contribution >= 0.6 is 38.9 Å². The van der Waals surface area contributed by atoms with E-state index in [1.54, 1.807) is 11.3 Å². The maximum absolute atomic E-state index is 10.8. The average molecular weight is 290 g/mol. The minimum atomic E-state index is 0.687. The molecule has 14 heavy (non-hydrogen) atoms. The molecule has 0 atom stereocenters. The number of thiophene rings is 1. The molecule has 2 rings (SSSR count). The highest BCUT2D eigenvalue weighted by atomic mass is 79.9. The Hall–Kier alpha value is -0.380. The van der Waals surface area contributed by atoms with Gasteiger partial charge in [-0.2, -0.15) is 0 Å². The van der Waals surface area contributed by atoms with E-state index in [1.807, 2.05) is 17.5 Å². The predicted octanol–water partition coefficient (Wildman–Crippen LogP) is 4.26. The summed E-state index contributed by atoms with van der Waals surface area (Å²) >= 11 is 10.9. The zero-order chi connectivity index (χ0) is 10.1. The van der Waals surface area contributed by atoms with Crippen molar-refractivity contribution in [3.8, 4) is 0 Å². The number of carbonyl (C=O) groups is 1. The van der Waals surface area contributed by atoms with Crippen molar-refractivity contribution in [1.29, 1.82) is 0 Å². The number of halogens is 2. The first-order valence-corrected chi connectivity index (χ1v) is 6.35. The number of fused-ring (bicyclic) bond motifs is 1. The molecule has 0 amide bonds. The number of hydrogen-bond acceptors (Lipinski definition) is 2. The summed E-state index contributed by atoms with van der Waals surface area (Å²) in [6.07, 6.45) is 0.865. The van der Waals surface area contributed by atoms with E-state index in [0.29, 0.717) is 15.9 Å². The van der Waals surface area contributed by atoms with Gasteiger partial charge < -0.3 is 0 Å². The second-order valence-electron chi connectivity index (χ2n) is 2.88. The fourth-order valence-corrected chi connectivity index (χ4v) is 3.02. The molecule has 1 aromatic heterocycles. The zero-order valence-corrected chi connectivity index (χ0v) is 10.2. The summed E-state index contributed by atoms with van der Waals surface area (Å²) in [5.41, 5.74) is 1.71. The molecule has 0 aliphatic rings. The Kier molecular flexibility index (Phi) is 2.91. The molecular weight excluding hydrogens is 284 g/mol. The van der Waals surface area contributed by atoms with Gasteiger partial charge in [-0.1, -0.05) is 27.5 Å². The molecule has 0 fully saturated rings. The van der Waals surface area contributed by atoms with Crippen molar-refractivity contribution >= 4 is 55.2 Å². The first-order valence-electron chi connectivity index (χ1n) is 3.97. The summed E-state index contributed by atoms with van der Waals surface area (Å²) in [7, 11) is 0. The Bertz CT molecular complexity index is 492. The lowest BCUT2D eigenvalue weighted by Gasteiger charge is -2.00. The Morgan fingerprint density at radius 1 is 1.50 bits per heavy atom. The largest absolute Gasteiger partial charge is 0.298 e. The molecule has 1 heterocycles. The van der Waals surface area contributed by atoms with Crippen LogP contribution in [0.3, 0.4) is 0 Å². The normalized spacial score (nSPS) is 10.7. The smallest absolute Gasteiger partial charge is 0.150 e. The number of alkyl halides is 1. The van der Waals surface area contributed by atoms with Gasteiger partial charge in [0, 0.05) is 26.4 Å². The van der Waals surface area contributed by atoms with Gasteiger partial charge in [0.1, 0.15) is 6.29 Å². The van der Waals surface area contributed by atoms with Gasteiger partial charge in [0.2, 0.25) is 0 Å². The van der Waals surface area contributed by atoms with E-state index in [2.05, 4.69) is 15.9 Å². The molecule has 1 nitrogen and oxygen atoms in total. The maximum Gasteiger partial charge on any atom is 0.150 e. The van der Waals surface area contributed by atoms with Crippen molar-refractivity contribution in [2.24, 2.45) is 0 Å². The summed E-state index contributed by atoms with van der Waals surface area (Å²) in [4.78, 5) is 10.8. The minimum Gasteiger partial charge on any atom is -0.298 e. The van der Waals surface area contributed by atoms with Gasteiger partial charge in [-0.15, -0.1) is 11.3 Å². The third-order valence-electron chi connectivity index (χ3n) is 2.06.